The van der Waals surface area contributed by atoms with Crippen LogP contribution in [-0.2, 0) is 11.2 Å². The van der Waals surface area contributed by atoms with Gasteiger partial charge in [-0.3, -0.25) is 4.79 Å². The van der Waals surface area contributed by atoms with Crippen molar-refractivity contribution in [1.82, 2.24) is 5.32 Å². The topological polar surface area (TPSA) is 79.5 Å². The van der Waals surface area contributed by atoms with E-state index in [2.05, 4.69) is 5.32 Å². The molecule has 2 rings (SSSR count). The van der Waals surface area contributed by atoms with Crippen molar-refractivity contribution in [2.24, 2.45) is 0 Å². The standard InChI is InChI=1S/C14H12FNO4/c15-10-5-3-9(4-6-10)8-11(14(18)19)16-13(17)12-2-1-7-20-12/h1-7,11H,8H2,(H,16,17)(H,18,19). The maximum atomic E-state index is 12.8. The molecule has 6 heteroatoms. The average Bonchev–Trinajstić information content (AvgIpc) is 2.94. The smallest absolute Gasteiger partial charge is 0.326 e. The minimum Gasteiger partial charge on any atom is -0.480 e. The third-order valence-corrected chi connectivity index (χ3v) is 2.70. The van der Waals surface area contributed by atoms with E-state index in [1.807, 2.05) is 0 Å². The van der Waals surface area contributed by atoms with Gasteiger partial charge in [0.1, 0.15) is 11.9 Å². The van der Waals surface area contributed by atoms with E-state index >= 15 is 0 Å². The lowest BCUT2D eigenvalue weighted by atomic mass is 10.1. The van der Waals surface area contributed by atoms with Gasteiger partial charge in [0.2, 0.25) is 0 Å². The molecule has 2 aromatic rings. The number of rotatable bonds is 5. The molecule has 1 aromatic carbocycles. The summed E-state index contributed by atoms with van der Waals surface area (Å²) < 4.78 is 17.7. The molecule has 1 unspecified atom stereocenters. The molecule has 0 saturated heterocycles. The van der Waals surface area contributed by atoms with Gasteiger partial charge in [-0.1, -0.05) is 12.1 Å². The first-order valence-corrected chi connectivity index (χ1v) is 5.88. The first kappa shape index (κ1) is 13.8. The van der Waals surface area contributed by atoms with Gasteiger partial charge in [0.25, 0.3) is 5.91 Å². The summed E-state index contributed by atoms with van der Waals surface area (Å²) in [6.07, 6.45) is 1.38. The summed E-state index contributed by atoms with van der Waals surface area (Å²) in [4.78, 5) is 22.9. The number of carbonyl (C=O) groups excluding carboxylic acids is 1. The number of carboxylic acids is 1. The lowest BCUT2D eigenvalue weighted by Gasteiger charge is -2.13. The Morgan fingerprint density at radius 2 is 1.95 bits per heavy atom. The highest BCUT2D eigenvalue weighted by Gasteiger charge is 2.22. The van der Waals surface area contributed by atoms with Crippen LogP contribution in [0.3, 0.4) is 0 Å². The number of hydrogen-bond donors (Lipinski definition) is 2. The lowest BCUT2D eigenvalue weighted by molar-refractivity contribution is -0.139. The Balaban J connectivity index is 2.06. The van der Waals surface area contributed by atoms with Gasteiger partial charge in [-0.05, 0) is 29.8 Å². The summed E-state index contributed by atoms with van der Waals surface area (Å²) in [7, 11) is 0. The zero-order valence-electron chi connectivity index (χ0n) is 10.4. The van der Waals surface area contributed by atoms with Gasteiger partial charge in [-0.2, -0.15) is 0 Å². The molecule has 104 valence electrons. The number of halogens is 1. The van der Waals surface area contributed by atoms with E-state index in [1.165, 1.54) is 42.7 Å². The molecular formula is C14H12FNO4. The minimum atomic E-state index is -1.17. The molecule has 1 aromatic heterocycles. The van der Waals surface area contributed by atoms with Crippen LogP contribution in [-0.4, -0.2) is 23.0 Å². The van der Waals surface area contributed by atoms with Crippen molar-refractivity contribution in [3.8, 4) is 0 Å². The molecule has 2 N–H and O–H groups in total. The van der Waals surface area contributed by atoms with E-state index in [0.717, 1.165) is 0 Å². The molecule has 0 fully saturated rings. The predicted molar refractivity (Wildman–Crippen MR) is 67.7 cm³/mol. The van der Waals surface area contributed by atoms with E-state index in [9.17, 15) is 14.0 Å². The van der Waals surface area contributed by atoms with Crippen LogP contribution in [0.5, 0.6) is 0 Å². The van der Waals surface area contributed by atoms with Crippen LogP contribution in [0.15, 0.2) is 47.1 Å². The molecule has 0 aliphatic heterocycles. The summed E-state index contributed by atoms with van der Waals surface area (Å²) in [6, 6.07) is 7.29. The molecule has 0 aliphatic carbocycles. The normalized spacial score (nSPS) is 11.8. The first-order valence-electron chi connectivity index (χ1n) is 5.88. The fourth-order valence-electron chi connectivity index (χ4n) is 1.69. The number of nitrogens with one attached hydrogen (secondary N) is 1. The number of amides is 1. The number of benzene rings is 1. The first-order chi connectivity index (χ1) is 9.56. The summed E-state index contributed by atoms with van der Waals surface area (Å²) in [6.45, 7) is 0. The van der Waals surface area contributed by atoms with E-state index in [-0.39, 0.29) is 12.2 Å². The summed E-state index contributed by atoms with van der Waals surface area (Å²) >= 11 is 0. The summed E-state index contributed by atoms with van der Waals surface area (Å²) in [5.74, 6) is -2.14. The van der Waals surface area contributed by atoms with Crippen molar-refractivity contribution in [2.75, 3.05) is 0 Å². The van der Waals surface area contributed by atoms with Crippen molar-refractivity contribution < 1.29 is 23.5 Å². The van der Waals surface area contributed by atoms with Crippen LogP contribution in [0.2, 0.25) is 0 Å². The fraction of sp³-hybridized carbons (Fsp3) is 0.143. The molecule has 1 heterocycles. The highest BCUT2D eigenvalue weighted by molar-refractivity contribution is 5.94. The molecule has 1 amide bonds. The number of hydrogen-bond acceptors (Lipinski definition) is 3. The van der Waals surface area contributed by atoms with Crippen LogP contribution in [0.4, 0.5) is 4.39 Å². The van der Waals surface area contributed by atoms with E-state index in [1.54, 1.807) is 0 Å². The van der Waals surface area contributed by atoms with Gasteiger partial charge in [0, 0.05) is 6.42 Å². The van der Waals surface area contributed by atoms with E-state index < -0.39 is 23.7 Å². The maximum Gasteiger partial charge on any atom is 0.326 e. The van der Waals surface area contributed by atoms with Gasteiger partial charge in [0.15, 0.2) is 5.76 Å². The number of carbonyl (C=O) groups is 2. The predicted octanol–water partition coefficient (Wildman–Crippen LogP) is 1.84. The van der Waals surface area contributed by atoms with Gasteiger partial charge < -0.3 is 14.8 Å². The summed E-state index contributed by atoms with van der Waals surface area (Å²) in [5.41, 5.74) is 0.610. The molecule has 0 aliphatic rings. The fourth-order valence-corrected chi connectivity index (χ4v) is 1.69. The highest BCUT2D eigenvalue weighted by Crippen LogP contribution is 2.07. The number of carboxylic acid groups (broad SMARTS) is 1. The molecule has 0 bridgehead atoms. The van der Waals surface area contributed by atoms with E-state index in [4.69, 9.17) is 9.52 Å². The second-order valence-corrected chi connectivity index (χ2v) is 4.17. The zero-order chi connectivity index (χ0) is 14.5. The largest absolute Gasteiger partial charge is 0.480 e. The van der Waals surface area contributed by atoms with Crippen molar-refractivity contribution in [3.63, 3.8) is 0 Å². The maximum absolute atomic E-state index is 12.8. The van der Waals surface area contributed by atoms with Crippen LogP contribution in [0.1, 0.15) is 16.1 Å². The Hall–Kier alpha value is -2.63. The monoisotopic (exact) mass is 277 g/mol. The van der Waals surface area contributed by atoms with Crippen LogP contribution < -0.4 is 5.32 Å². The Bertz CT molecular complexity index is 592. The quantitative estimate of drug-likeness (QED) is 0.874. The number of furan rings is 1. The Morgan fingerprint density at radius 1 is 1.25 bits per heavy atom. The van der Waals surface area contributed by atoms with Crippen LogP contribution in [0, 0.1) is 5.82 Å². The highest BCUT2D eigenvalue weighted by atomic mass is 19.1. The third-order valence-electron chi connectivity index (χ3n) is 2.70. The Kier molecular flexibility index (Phi) is 4.14. The van der Waals surface area contributed by atoms with Crippen LogP contribution in [0.25, 0.3) is 0 Å². The zero-order valence-corrected chi connectivity index (χ0v) is 10.4. The van der Waals surface area contributed by atoms with Gasteiger partial charge in [0.05, 0.1) is 6.26 Å². The molecule has 20 heavy (non-hydrogen) atoms. The average molecular weight is 277 g/mol. The van der Waals surface area contributed by atoms with Crippen LogP contribution >= 0.6 is 0 Å². The molecular weight excluding hydrogens is 265 g/mol. The molecule has 1 atom stereocenters. The Morgan fingerprint density at radius 3 is 2.50 bits per heavy atom. The van der Waals surface area contributed by atoms with Crippen molar-refractivity contribution in [2.45, 2.75) is 12.5 Å². The second-order valence-electron chi connectivity index (χ2n) is 4.17. The van der Waals surface area contributed by atoms with Crippen molar-refractivity contribution in [1.29, 1.82) is 0 Å². The summed E-state index contributed by atoms with van der Waals surface area (Å²) in [5, 5.41) is 11.5. The van der Waals surface area contributed by atoms with Crippen molar-refractivity contribution >= 4 is 11.9 Å². The number of aliphatic carboxylic acids is 1. The molecule has 0 spiro atoms. The molecule has 5 nitrogen and oxygen atoms in total. The second kappa shape index (κ2) is 6.01. The molecule has 0 saturated carbocycles. The van der Waals surface area contributed by atoms with Gasteiger partial charge in [-0.15, -0.1) is 0 Å². The lowest BCUT2D eigenvalue weighted by Crippen LogP contribution is -2.42. The molecule has 0 radical (unpaired) electrons. The van der Waals surface area contributed by atoms with Crippen molar-refractivity contribution in [3.05, 3.63) is 59.8 Å². The minimum absolute atomic E-state index is 0.0374. The SMILES string of the molecule is O=C(NC(Cc1ccc(F)cc1)C(=O)O)c1ccco1. The Labute approximate surface area is 114 Å². The van der Waals surface area contributed by atoms with E-state index in [0.29, 0.717) is 5.56 Å². The van der Waals surface area contributed by atoms with Gasteiger partial charge in [-0.25, -0.2) is 9.18 Å². The third kappa shape index (κ3) is 3.44. The van der Waals surface area contributed by atoms with Gasteiger partial charge >= 0.3 is 5.97 Å².